The molecule has 2 aromatic carbocycles. The summed E-state index contributed by atoms with van der Waals surface area (Å²) in [5.41, 5.74) is 3.45. The Bertz CT molecular complexity index is 597. The second-order valence-electron chi connectivity index (χ2n) is 4.60. The van der Waals surface area contributed by atoms with Gasteiger partial charge in [-0.15, -0.1) is 0 Å². The standard InChI is InChI=1S/C15H13Cl2NO/c1-19-11-4-2-3-9(5-11)14-7-10-6-12(16)13(17)8-15(10)18-14/h2-6,8,14,18H,7H2,1H3. The molecule has 0 spiro atoms. The topological polar surface area (TPSA) is 21.3 Å². The van der Waals surface area contributed by atoms with Gasteiger partial charge < -0.3 is 10.1 Å². The Morgan fingerprint density at radius 2 is 1.95 bits per heavy atom. The summed E-state index contributed by atoms with van der Waals surface area (Å²) >= 11 is 12.1. The fourth-order valence-corrected chi connectivity index (χ4v) is 2.76. The maximum absolute atomic E-state index is 6.05. The average molecular weight is 294 g/mol. The van der Waals surface area contributed by atoms with Crippen LogP contribution in [0.25, 0.3) is 0 Å². The molecule has 1 aliphatic rings. The van der Waals surface area contributed by atoms with Crippen molar-refractivity contribution in [2.24, 2.45) is 0 Å². The second-order valence-corrected chi connectivity index (χ2v) is 5.42. The van der Waals surface area contributed by atoms with E-state index in [4.69, 9.17) is 27.9 Å². The third kappa shape index (κ3) is 2.38. The molecule has 3 rings (SSSR count). The molecule has 2 aromatic rings. The smallest absolute Gasteiger partial charge is 0.119 e. The molecule has 0 aromatic heterocycles. The van der Waals surface area contributed by atoms with Gasteiger partial charge in [0.1, 0.15) is 5.75 Å². The zero-order chi connectivity index (χ0) is 13.4. The number of fused-ring (bicyclic) bond motifs is 1. The molecule has 98 valence electrons. The van der Waals surface area contributed by atoms with Gasteiger partial charge in [0.15, 0.2) is 0 Å². The predicted molar refractivity (Wildman–Crippen MR) is 79.5 cm³/mol. The van der Waals surface area contributed by atoms with Gasteiger partial charge in [-0.25, -0.2) is 0 Å². The predicted octanol–water partition coefficient (Wildman–Crippen LogP) is 4.71. The van der Waals surface area contributed by atoms with Crippen molar-refractivity contribution in [3.05, 3.63) is 57.6 Å². The maximum atomic E-state index is 6.05. The number of ether oxygens (including phenoxy) is 1. The molecular weight excluding hydrogens is 281 g/mol. The molecule has 2 nitrogen and oxygen atoms in total. The maximum Gasteiger partial charge on any atom is 0.119 e. The van der Waals surface area contributed by atoms with Crippen molar-refractivity contribution in [3.63, 3.8) is 0 Å². The number of hydrogen-bond acceptors (Lipinski definition) is 2. The fourth-order valence-electron chi connectivity index (χ4n) is 2.41. The van der Waals surface area contributed by atoms with Gasteiger partial charge in [-0.1, -0.05) is 35.3 Å². The van der Waals surface area contributed by atoms with Crippen molar-refractivity contribution in [1.29, 1.82) is 0 Å². The fraction of sp³-hybridized carbons (Fsp3) is 0.200. The zero-order valence-corrected chi connectivity index (χ0v) is 11.9. The van der Waals surface area contributed by atoms with Gasteiger partial charge in [-0.3, -0.25) is 0 Å². The zero-order valence-electron chi connectivity index (χ0n) is 10.4. The normalized spacial score (nSPS) is 16.9. The molecule has 1 unspecified atom stereocenters. The number of benzene rings is 2. The lowest BCUT2D eigenvalue weighted by Gasteiger charge is -2.12. The second kappa shape index (κ2) is 4.95. The van der Waals surface area contributed by atoms with Gasteiger partial charge >= 0.3 is 0 Å². The number of rotatable bonds is 2. The van der Waals surface area contributed by atoms with E-state index >= 15 is 0 Å². The lowest BCUT2D eigenvalue weighted by Crippen LogP contribution is -2.05. The first-order valence-corrected chi connectivity index (χ1v) is 6.81. The average Bonchev–Trinajstić information content (AvgIpc) is 2.82. The number of halogens is 2. The van der Waals surface area contributed by atoms with E-state index in [1.165, 1.54) is 11.1 Å². The highest BCUT2D eigenvalue weighted by Crippen LogP contribution is 2.39. The lowest BCUT2D eigenvalue weighted by atomic mass is 10.0. The summed E-state index contributed by atoms with van der Waals surface area (Å²) < 4.78 is 5.26. The van der Waals surface area contributed by atoms with Crippen LogP contribution in [0.1, 0.15) is 17.2 Å². The Kier molecular flexibility index (Phi) is 3.29. The van der Waals surface area contributed by atoms with Crippen LogP contribution in [0, 0.1) is 0 Å². The van der Waals surface area contributed by atoms with Gasteiger partial charge in [-0.05, 0) is 41.8 Å². The van der Waals surface area contributed by atoms with E-state index in [0.29, 0.717) is 10.0 Å². The van der Waals surface area contributed by atoms with E-state index in [2.05, 4.69) is 11.4 Å². The highest BCUT2D eigenvalue weighted by molar-refractivity contribution is 6.42. The number of hydrogen-bond donors (Lipinski definition) is 1. The van der Waals surface area contributed by atoms with Crippen molar-refractivity contribution in [2.45, 2.75) is 12.5 Å². The molecule has 1 N–H and O–H groups in total. The molecule has 1 heterocycles. The van der Waals surface area contributed by atoms with E-state index in [0.717, 1.165) is 17.9 Å². The van der Waals surface area contributed by atoms with Gasteiger partial charge in [-0.2, -0.15) is 0 Å². The van der Waals surface area contributed by atoms with Crippen LogP contribution < -0.4 is 10.1 Å². The highest BCUT2D eigenvalue weighted by Gasteiger charge is 2.23. The van der Waals surface area contributed by atoms with E-state index in [1.54, 1.807) is 7.11 Å². The first kappa shape index (κ1) is 12.6. The molecule has 0 fully saturated rings. The first-order chi connectivity index (χ1) is 9.17. The molecule has 0 saturated heterocycles. The van der Waals surface area contributed by atoms with Crippen LogP contribution in [0.5, 0.6) is 5.75 Å². The minimum absolute atomic E-state index is 0.236. The Balaban J connectivity index is 1.90. The van der Waals surface area contributed by atoms with E-state index in [-0.39, 0.29) is 6.04 Å². The number of anilines is 1. The van der Waals surface area contributed by atoms with Crippen LogP contribution in [0.4, 0.5) is 5.69 Å². The Hall–Kier alpha value is -1.38. The molecule has 0 saturated carbocycles. The van der Waals surface area contributed by atoms with Crippen molar-refractivity contribution in [3.8, 4) is 5.75 Å². The molecular formula is C15H13Cl2NO. The molecule has 1 atom stereocenters. The summed E-state index contributed by atoms with van der Waals surface area (Å²) in [4.78, 5) is 0. The molecule has 0 amide bonds. The minimum atomic E-state index is 0.236. The summed E-state index contributed by atoms with van der Waals surface area (Å²) in [6, 6.07) is 12.1. The Morgan fingerprint density at radius 1 is 1.16 bits per heavy atom. The van der Waals surface area contributed by atoms with Gasteiger partial charge in [0.25, 0.3) is 0 Å². The molecule has 0 aliphatic carbocycles. The van der Waals surface area contributed by atoms with Crippen LogP contribution in [-0.4, -0.2) is 7.11 Å². The third-order valence-electron chi connectivity index (χ3n) is 3.40. The van der Waals surface area contributed by atoms with Crippen molar-refractivity contribution >= 4 is 28.9 Å². The molecule has 19 heavy (non-hydrogen) atoms. The van der Waals surface area contributed by atoms with Crippen molar-refractivity contribution < 1.29 is 4.74 Å². The Labute approximate surface area is 122 Å². The van der Waals surface area contributed by atoms with Crippen molar-refractivity contribution in [2.75, 3.05) is 12.4 Å². The monoisotopic (exact) mass is 293 g/mol. The van der Waals surface area contributed by atoms with E-state index < -0.39 is 0 Å². The Morgan fingerprint density at radius 3 is 2.74 bits per heavy atom. The van der Waals surface area contributed by atoms with E-state index in [1.807, 2.05) is 30.3 Å². The van der Waals surface area contributed by atoms with Crippen LogP contribution in [0.3, 0.4) is 0 Å². The minimum Gasteiger partial charge on any atom is -0.497 e. The SMILES string of the molecule is COc1cccc(C2Cc3cc(Cl)c(Cl)cc3N2)c1. The molecule has 4 heteroatoms. The van der Waals surface area contributed by atoms with E-state index in [9.17, 15) is 0 Å². The van der Waals surface area contributed by atoms with Gasteiger partial charge in [0.05, 0.1) is 23.2 Å². The first-order valence-electron chi connectivity index (χ1n) is 6.06. The number of methoxy groups -OCH3 is 1. The summed E-state index contributed by atoms with van der Waals surface area (Å²) in [6.45, 7) is 0. The van der Waals surface area contributed by atoms with Crippen LogP contribution in [0.2, 0.25) is 10.0 Å². The van der Waals surface area contributed by atoms with Gasteiger partial charge in [0, 0.05) is 5.69 Å². The summed E-state index contributed by atoms with van der Waals surface area (Å²) in [7, 11) is 1.68. The summed E-state index contributed by atoms with van der Waals surface area (Å²) in [6.07, 6.45) is 0.902. The van der Waals surface area contributed by atoms with Crippen LogP contribution >= 0.6 is 23.2 Å². The summed E-state index contributed by atoms with van der Waals surface area (Å²) in [5, 5.41) is 4.66. The van der Waals surface area contributed by atoms with Crippen LogP contribution in [0.15, 0.2) is 36.4 Å². The van der Waals surface area contributed by atoms with Crippen LogP contribution in [-0.2, 0) is 6.42 Å². The van der Waals surface area contributed by atoms with Crippen molar-refractivity contribution in [1.82, 2.24) is 0 Å². The summed E-state index contributed by atoms with van der Waals surface area (Å²) in [5.74, 6) is 0.867. The quantitative estimate of drug-likeness (QED) is 0.866. The molecule has 1 aliphatic heterocycles. The highest BCUT2D eigenvalue weighted by atomic mass is 35.5. The number of nitrogens with one attached hydrogen (secondary N) is 1. The third-order valence-corrected chi connectivity index (χ3v) is 4.12. The van der Waals surface area contributed by atoms with Gasteiger partial charge in [0.2, 0.25) is 0 Å². The molecule has 0 bridgehead atoms. The molecule has 0 radical (unpaired) electrons. The largest absolute Gasteiger partial charge is 0.497 e. The lowest BCUT2D eigenvalue weighted by molar-refractivity contribution is 0.414.